The Kier molecular flexibility index (Phi) is 4.17. The normalized spacial score (nSPS) is 18.2. The molecule has 0 aromatic heterocycles. The van der Waals surface area contributed by atoms with Gasteiger partial charge < -0.3 is 4.74 Å². The van der Waals surface area contributed by atoms with Crippen LogP contribution >= 0.6 is 0 Å². The molecule has 0 saturated carbocycles. The molecule has 5 aromatic carbocycles. The van der Waals surface area contributed by atoms with Crippen molar-refractivity contribution in [1.29, 1.82) is 0 Å². The summed E-state index contributed by atoms with van der Waals surface area (Å²) >= 11 is 0. The highest BCUT2D eigenvalue weighted by atomic mass is 16.5. The molecule has 9 rings (SSSR count). The van der Waals surface area contributed by atoms with Crippen LogP contribution in [-0.4, -0.2) is 6.71 Å². The lowest BCUT2D eigenvalue weighted by Crippen LogP contribution is -2.62. The molecule has 0 unspecified atom stereocenters. The lowest BCUT2D eigenvalue weighted by Gasteiger charge is -2.43. The Balaban J connectivity index is 1.45. The standard InChI is InChI=1S/C39H33BO/c1-37(2)24-15-9-7-13-22(24)32-27(37)19-20-31-35(32)41-36-33-23-14-8-10-16-25(23)38(3,4)28(33)21-29-34(36)40(31)30-18-12-11-17-26(30)39(29,5)6/h7-21H,1-6H3. The van der Waals surface area contributed by atoms with Crippen molar-refractivity contribution < 1.29 is 4.74 Å². The van der Waals surface area contributed by atoms with Crippen molar-refractivity contribution in [3.63, 3.8) is 0 Å². The average Bonchev–Trinajstić information content (AvgIpc) is 3.35. The zero-order chi connectivity index (χ0) is 28.1. The van der Waals surface area contributed by atoms with Gasteiger partial charge in [-0.15, -0.1) is 0 Å². The summed E-state index contributed by atoms with van der Waals surface area (Å²) in [6.45, 7) is 14.4. The van der Waals surface area contributed by atoms with Crippen molar-refractivity contribution >= 4 is 23.1 Å². The Bertz CT molecular complexity index is 2010. The van der Waals surface area contributed by atoms with E-state index in [0.717, 1.165) is 11.5 Å². The molecule has 41 heavy (non-hydrogen) atoms. The molecule has 198 valence electrons. The van der Waals surface area contributed by atoms with Gasteiger partial charge in [-0.05, 0) is 55.4 Å². The monoisotopic (exact) mass is 528 g/mol. The number of ether oxygens (including phenoxy) is 1. The van der Waals surface area contributed by atoms with E-state index in [1.54, 1.807) is 0 Å². The quantitative estimate of drug-likeness (QED) is 0.185. The number of hydrogen-bond acceptors (Lipinski definition) is 1. The van der Waals surface area contributed by atoms with Crippen LogP contribution in [0.1, 0.15) is 74.9 Å². The summed E-state index contributed by atoms with van der Waals surface area (Å²) in [6, 6.07) is 34.3. The van der Waals surface area contributed by atoms with Crippen LogP contribution in [0, 0.1) is 0 Å². The van der Waals surface area contributed by atoms with E-state index in [-0.39, 0.29) is 23.0 Å². The molecule has 0 saturated heterocycles. The van der Waals surface area contributed by atoms with Crippen LogP contribution in [0.15, 0.2) is 91.0 Å². The smallest absolute Gasteiger partial charge is 0.251 e. The fourth-order valence-corrected chi connectivity index (χ4v) is 8.89. The highest BCUT2D eigenvalue weighted by molar-refractivity contribution is 6.98. The Labute approximate surface area is 243 Å². The summed E-state index contributed by atoms with van der Waals surface area (Å²) in [5.41, 5.74) is 17.3. The molecule has 1 nitrogen and oxygen atoms in total. The second kappa shape index (κ2) is 7.23. The van der Waals surface area contributed by atoms with Crippen LogP contribution in [0.2, 0.25) is 0 Å². The molecule has 0 bridgehead atoms. The van der Waals surface area contributed by atoms with Gasteiger partial charge in [0.15, 0.2) is 0 Å². The Morgan fingerprint density at radius 3 is 1.68 bits per heavy atom. The molecule has 0 spiro atoms. The largest absolute Gasteiger partial charge is 0.457 e. The van der Waals surface area contributed by atoms with Crippen LogP contribution in [0.25, 0.3) is 22.3 Å². The van der Waals surface area contributed by atoms with Crippen molar-refractivity contribution in [2.75, 3.05) is 0 Å². The summed E-state index contributed by atoms with van der Waals surface area (Å²) in [5, 5.41) is 0. The van der Waals surface area contributed by atoms with Crippen molar-refractivity contribution in [3.05, 3.63) is 124 Å². The van der Waals surface area contributed by atoms with Crippen LogP contribution in [0.4, 0.5) is 0 Å². The van der Waals surface area contributed by atoms with Gasteiger partial charge in [0.1, 0.15) is 11.5 Å². The van der Waals surface area contributed by atoms with Gasteiger partial charge in [-0.2, -0.15) is 0 Å². The van der Waals surface area contributed by atoms with Gasteiger partial charge in [0.25, 0.3) is 6.71 Å². The van der Waals surface area contributed by atoms with Crippen LogP contribution in [0.3, 0.4) is 0 Å². The molecule has 4 aliphatic rings. The van der Waals surface area contributed by atoms with E-state index >= 15 is 0 Å². The van der Waals surface area contributed by atoms with Gasteiger partial charge in [-0.1, -0.05) is 138 Å². The zero-order valence-electron chi connectivity index (χ0n) is 24.6. The van der Waals surface area contributed by atoms with Crippen LogP contribution in [0.5, 0.6) is 11.5 Å². The Hall–Kier alpha value is -4.04. The van der Waals surface area contributed by atoms with Crippen molar-refractivity contribution in [2.45, 2.75) is 57.8 Å². The third-order valence-electron chi connectivity index (χ3n) is 11.0. The van der Waals surface area contributed by atoms with E-state index in [0.29, 0.717) is 0 Å². The SMILES string of the molecule is CC1(C)c2ccccc2B2c3ccc4c(c3Oc3c2c1cc1c3-c2ccccc2C1(C)C)-c1ccccc1C4(C)C. The first-order valence-corrected chi connectivity index (χ1v) is 15.0. The second-order valence-corrected chi connectivity index (χ2v) is 14.1. The van der Waals surface area contributed by atoms with Crippen molar-refractivity contribution in [3.8, 4) is 33.8 Å². The van der Waals surface area contributed by atoms with Gasteiger partial charge >= 0.3 is 0 Å². The zero-order valence-corrected chi connectivity index (χ0v) is 24.6. The third-order valence-corrected chi connectivity index (χ3v) is 11.0. The topological polar surface area (TPSA) is 9.23 Å². The molecule has 2 heteroatoms. The minimum absolute atomic E-state index is 0.0740. The predicted octanol–water partition coefficient (Wildman–Crippen LogP) is 7.56. The van der Waals surface area contributed by atoms with Gasteiger partial charge in [-0.3, -0.25) is 0 Å². The van der Waals surface area contributed by atoms with Gasteiger partial charge in [0.2, 0.25) is 0 Å². The van der Waals surface area contributed by atoms with E-state index in [2.05, 4.69) is 133 Å². The number of rotatable bonds is 0. The summed E-state index contributed by atoms with van der Waals surface area (Å²) < 4.78 is 7.42. The molecule has 2 aliphatic heterocycles. The van der Waals surface area contributed by atoms with Gasteiger partial charge in [-0.25, -0.2) is 0 Å². The maximum atomic E-state index is 7.42. The Morgan fingerprint density at radius 2 is 1.00 bits per heavy atom. The van der Waals surface area contributed by atoms with Crippen LogP contribution in [-0.2, 0) is 16.2 Å². The van der Waals surface area contributed by atoms with E-state index in [1.165, 1.54) is 72.0 Å². The third kappa shape index (κ3) is 2.61. The molecule has 5 aromatic rings. The summed E-state index contributed by atoms with van der Waals surface area (Å²) in [4.78, 5) is 0. The molecule has 0 radical (unpaired) electrons. The van der Waals surface area contributed by atoms with Gasteiger partial charge in [0.05, 0.1) is 0 Å². The maximum Gasteiger partial charge on any atom is 0.251 e. The lowest BCUT2D eigenvalue weighted by molar-refractivity contribution is 0.485. The maximum absolute atomic E-state index is 7.42. The first-order chi connectivity index (χ1) is 19.6. The summed E-state index contributed by atoms with van der Waals surface area (Å²) in [7, 11) is 0. The average molecular weight is 529 g/mol. The minimum atomic E-state index is -0.136. The predicted molar refractivity (Wildman–Crippen MR) is 171 cm³/mol. The van der Waals surface area contributed by atoms with E-state index < -0.39 is 0 Å². The first kappa shape index (κ1) is 23.6. The summed E-state index contributed by atoms with van der Waals surface area (Å²) in [5.74, 6) is 2.13. The highest BCUT2D eigenvalue weighted by Crippen LogP contribution is 2.57. The lowest BCUT2D eigenvalue weighted by atomic mass is 9.30. The second-order valence-electron chi connectivity index (χ2n) is 14.1. The van der Waals surface area contributed by atoms with Gasteiger partial charge in [0, 0.05) is 27.4 Å². The molecule has 0 N–H and O–H groups in total. The molecule has 2 heterocycles. The van der Waals surface area contributed by atoms with E-state index in [1.807, 2.05) is 0 Å². The fourth-order valence-electron chi connectivity index (χ4n) is 8.89. The fraction of sp³-hybridized carbons (Fsp3) is 0.231. The molecule has 0 fully saturated rings. The van der Waals surface area contributed by atoms with E-state index in [4.69, 9.17) is 4.74 Å². The molecule has 2 aliphatic carbocycles. The molecule has 0 atom stereocenters. The number of hydrogen-bond donors (Lipinski definition) is 0. The first-order valence-electron chi connectivity index (χ1n) is 15.0. The molecular weight excluding hydrogens is 495 g/mol. The number of benzene rings is 5. The van der Waals surface area contributed by atoms with Crippen LogP contribution < -0.4 is 21.1 Å². The van der Waals surface area contributed by atoms with Crippen molar-refractivity contribution in [1.82, 2.24) is 0 Å². The number of fused-ring (bicyclic) bond motifs is 12. The van der Waals surface area contributed by atoms with E-state index in [9.17, 15) is 0 Å². The Morgan fingerprint density at radius 1 is 0.463 bits per heavy atom. The highest BCUT2D eigenvalue weighted by Gasteiger charge is 2.50. The minimum Gasteiger partial charge on any atom is -0.457 e. The molecule has 0 amide bonds. The molecular formula is C39H33BO. The van der Waals surface area contributed by atoms with Crippen molar-refractivity contribution in [2.24, 2.45) is 0 Å². The summed E-state index contributed by atoms with van der Waals surface area (Å²) in [6.07, 6.45) is 0.